The Labute approximate surface area is 116 Å². The van der Waals surface area contributed by atoms with E-state index in [2.05, 4.69) is 12.0 Å². The van der Waals surface area contributed by atoms with Crippen LogP contribution in [0.5, 0.6) is 0 Å². The van der Waals surface area contributed by atoms with E-state index >= 15 is 0 Å². The Kier molecular flexibility index (Phi) is 8.39. The summed E-state index contributed by atoms with van der Waals surface area (Å²) in [4.78, 5) is 12.0. The Morgan fingerprint density at radius 1 is 1.21 bits per heavy atom. The van der Waals surface area contributed by atoms with Gasteiger partial charge in [-0.2, -0.15) is 10.1 Å². The van der Waals surface area contributed by atoms with E-state index < -0.39 is 11.7 Å². The second kappa shape index (κ2) is 8.91. The Morgan fingerprint density at radius 3 is 2.32 bits per heavy atom. The van der Waals surface area contributed by atoms with Gasteiger partial charge in [-0.3, -0.25) is 0 Å². The second-order valence-electron chi connectivity index (χ2n) is 5.62. The summed E-state index contributed by atoms with van der Waals surface area (Å²) >= 11 is 0. The molecule has 0 aromatic rings. The van der Waals surface area contributed by atoms with E-state index in [1.807, 2.05) is 34.6 Å². The molecule has 0 aromatic heterocycles. The number of nitrogens with zero attached hydrogens (tertiary/aromatic N) is 2. The lowest BCUT2D eigenvalue weighted by atomic mass is 10.2. The summed E-state index contributed by atoms with van der Waals surface area (Å²) in [5.41, 5.74) is 0.287. The van der Waals surface area contributed by atoms with Crippen molar-refractivity contribution in [3.05, 3.63) is 0 Å². The molecule has 19 heavy (non-hydrogen) atoms. The number of unbranched alkanes of at least 4 members (excludes halogenated alkanes) is 1. The Bertz CT molecular complexity index is 292. The monoisotopic (exact) mass is 272 g/mol. The highest BCUT2D eigenvalue weighted by molar-refractivity contribution is 5.80. The van der Waals surface area contributed by atoms with Gasteiger partial charge in [0.1, 0.15) is 5.60 Å². The van der Waals surface area contributed by atoms with Crippen molar-refractivity contribution >= 4 is 11.8 Å². The number of carbonyl (C=O) groups is 1. The molecule has 0 aromatic carbocycles. The first-order valence-electron chi connectivity index (χ1n) is 6.86. The van der Waals surface area contributed by atoms with Gasteiger partial charge in [-0.05, 0) is 41.0 Å². The predicted molar refractivity (Wildman–Crippen MR) is 77.5 cm³/mol. The molecule has 0 saturated heterocycles. The lowest BCUT2D eigenvalue weighted by Crippen LogP contribution is -2.36. The minimum Gasteiger partial charge on any atom is -0.442 e. The van der Waals surface area contributed by atoms with E-state index in [1.54, 1.807) is 0 Å². The fraction of sp³-hybridized carbons (Fsp3) is 0.857. The normalized spacial score (nSPS) is 11.1. The summed E-state index contributed by atoms with van der Waals surface area (Å²) < 4.78 is 10.8. The Morgan fingerprint density at radius 2 is 1.84 bits per heavy atom. The molecule has 0 aliphatic heterocycles. The molecular formula is C14H28N2O3. The van der Waals surface area contributed by atoms with E-state index in [0.29, 0.717) is 19.8 Å². The minimum absolute atomic E-state index is 0.407. The summed E-state index contributed by atoms with van der Waals surface area (Å²) in [6.07, 6.45) is 1.69. The molecule has 0 atom stereocenters. The van der Waals surface area contributed by atoms with Gasteiger partial charge in [0, 0.05) is 12.3 Å². The van der Waals surface area contributed by atoms with E-state index in [1.165, 1.54) is 5.01 Å². The summed E-state index contributed by atoms with van der Waals surface area (Å²) in [5, 5.41) is 5.50. The zero-order chi connectivity index (χ0) is 14.9. The molecule has 0 heterocycles. The van der Waals surface area contributed by atoms with Crippen molar-refractivity contribution < 1.29 is 14.3 Å². The molecule has 5 nitrogen and oxygen atoms in total. The zero-order valence-corrected chi connectivity index (χ0v) is 13.2. The third-order valence-electron chi connectivity index (χ3n) is 2.01. The molecule has 0 bridgehead atoms. The molecule has 0 saturated carbocycles. The van der Waals surface area contributed by atoms with Gasteiger partial charge in [0.05, 0.1) is 13.2 Å². The van der Waals surface area contributed by atoms with E-state index in [9.17, 15) is 4.79 Å². The number of hydrogen-bond acceptors (Lipinski definition) is 4. The van der Waals surface area contributed by atoms with E-state index in [0.717, 1.165) is 18.6 Å². The maximum absolute atomic E-state index is 12.0. The van der Waals surface area contributed by atoms with Gasteiger partial charge < -0.3 is 9.47 Å². The number of ether oxygens (including phenoxy) is 2. The second-order valence-corrected chi connectivity index (χ2v) is 5.62. The standard InChI is InChI=1S/C14H28N2O3/c1-7-8-10-18-11-9-16(15-12(2)3)13(17)19-14(4,5)6/h7-11H2,1-6H3. The first kappa shape index (κ1) is 17.9. The van der Waals surface area contributed by atoms with Crippen molar-refractivity contribution in [2.45, 2.75) is 60.0 Å². The van der Waals surface area contributed by atoms with Crippen LogP contribution in [0.4, 0.5) is 4.79 Å². The van der Waals surface area contributed by atoms with E-state index in [-0.39, 0.29) is 0 Å². The highest BCUT2D eigenvalue weighted by Crippen LogP contribution is 2.10. The van der Waals surface area contributed by atoms with Crippen LogP contribution in [-0.4, -0.2) is 42.2 Å². The number of hydrazone groups is 1. The highest BCUT2D eigenvalue weighted by Gasteiger charge is 2.21. The first-order chi connectivity index (χ1) is 8.76. The highest BCUT2D eigenvalue weighted by atomic mass is 16.6. The number of amides is 1. The molecule has 0 unspecified atom stereocenters. The third-order valence-corrected chi connectivity index (χ3v) is 2.01. The van der Waals surface area contributed by atoms with Gasteiger partial charge in [0.15, 0.2) is 0 Å². The van der Waals surface area contributed by atoms with Crippen LogP contribution in [0.15, 0.2) is 5.10 Å². The first-order valence-corrected chi connectivity index (χ1v) is 6.86. The van der Waals surface area contributed by atoms with Gasteiger partial charge in [-0.1, -0.05) is 13.3 Å². The van der Waals surface area contributed by atoms with Crippen LogP contribution in [0, 0.1) is 0 Å². The largest absolute Gasteiger partial charge is 0.442 e. The SMILES string of the molecule is CCCCOCCN(N=C(C)C)C(=O)OC(C)(C)C. The lowest BCUT2D eigenvalue weighted by Gasteiger charge is -2.24. The molecular weight excluding hydrogens is 244 g/mol. The van der Waals surface area contributed by atoms with Crippen LogP contribution in [0.1, 0.15) is 54.4 Å². The quantitative estimate of drug-likeness (QED) is 0.405. The Balaban J connectivity index is 4.31. The third kappa shape index (κ3) is 10.5. The Hall–Kier alpha value is -1.10. The molecule has 5 heteroatoms. The van der Waals surface area contributed by atoms with Crippen LogP contribution in [0.3, 0.4) is 0 Å². The molecule has 0 fully saturated rings. The molecule has 0 rings (SSSR count). The molecule has 0 spiro atoms. The molecule has 1 amide bonds. The fourth-order valence-electron chi connectivity index (χ4n) is 1.24. The van der Waals surface area contributed by atoms with Crippen molar-refractivity contribution in [1.82, 2.24) is 5.01 Å². The predicted octanol–water partition coefficient (Wildman–Crippen LogP) is 3.44. The van der Waals surface area contributed by atoms with Crippen molar-refractivity contribution in [3.63, 3.8) is 0 Å². The number of hydrogen-bond donors (Lipinski definition) is 0. The van der Waals surface area contributed by atoms with Crippen molar-refractivity contribution in [1.29, 1.82) is 0 Å². The fourth-order valence-corrected chi connectivity index (χ4v) is 1.24. The van der Waals surface area contributed by atoms with Crippen LogP contribution >= 0.6 is 0 Å². The number of carbonyl (C=O) groups excluding carboxylic acids is 1. The maximum atomic E-state index is 12.0. The number of rotatable bonds is 7. The molecule has 0 aliphatic rings. The van der Waals surface area contributed by atoms with Gasteiger partial charge in [0.25, 0.3) is 0 Å². The van der Waals surface area contributed by atoms with Crippen LogP contribution < -0.4 is 0 Å². The molecule has 112 valence electrons. The van der Waals surface area contributed by atoms with Crippen LogP contribution in [0.25, 0.3) is 0 Å². The van der Waals surface area contributed by atoms with Crippen LogP contribution in [-0.2, 0) is 9.47 Å². The summed E-state index contributed by atoms with van der Waals surface area (Å²) in [6, 6.07) is 0. The zero-order valence-electron chi connectivity index (χ0n) is 13.2. The summed E-state index contributed by atoms with van der Waals surface area (Å²) in [7, 11) is 0. The van der Waals surface area contributed by atoms with E-state index in [4.69, 9.17) is 9.47 Å². The summed E-state index contributed by atoms with van der Waals surface area (Å²) in [5.74, 6) is 0. The molecule has 0 N–H and O–H groups in total. The van der Waals surface area contributed by atoms with Gasteiger partial charge in [-0.15, -0.1) is 0 Å². The minimum atomic E-state index is -0.518. The van der Waals surface area contributed by atoms with Gasteiger partial charge in [0.2, 0.25) is 0 Å². The molecule has 0 aliphatic carbocycles. The smallest absolute Gasteiger partial charge is 0.430 e. The van der Waals surface area contributed by atoms with Crippen molar-refractivity contribution in [2.75, 3.05) is 19.8 Å². The van der Waals surface area contributed by atoms with Gasteiger partial charge in [-0.25, -0.2) is 4.79 Å². The van der Waals surface area contributed by atoms with Gasteiger partial charge >= 0.3 is 6.09 Å². The average molecular weight is 272 g/mol. The van der Waals surface area contributed by atoms with Crippen molar-refractivity contribution in [2.24, 2.45) is 5.10 Å². The lowest BCUT2D eigenvalue weighted by molar-refractivity contribution is 0.0179. The topological polar surface area (TPSA) is 51.1 Å². The molecule has 0 radical (unpaired) electrons. The van der Waals surface area contributed by atoms with Crippen LogP contribution in [0.2, 0.25) is 0 Å². The van der Waals surface area contributed by atoms with Crippen molar-refractivity contribution in [3.8, 4) is 0 Å². The average Bonchev–Trinajstić information content (AvgIpc) is 2.24. The maximum Gasteiger partial charge on any atom is 0.430 e. The summed E-state index contributed by atoms with van der Waals surface area (Å²) in [6.45, 7) is 12.9.